The maximum absolute atomic E-state index is 5.96. The molecule has 100 valence electrons. The van der Waals surface area contributed by atoms with E-state index in [0.717, 1.165) is 26.1 Å². The molecule has 2 rings (SSSR count). The zero-order valence-electron chi connectivity index (χ0n) is 11.5. The summed E-state index contributed by atoms with van der Waals surface area (Å²) in [6, 6.07) is 10.3. The maximum atomic E-state index is 5.96. The summed E-state index contributed by atoms with van der Waals surface area (Å²) in [5.41, 5.74) is 1.34. The predicted octanol–water partition coefficient (Wildman–Crippen LogP) is 3.94. The maximum Gasteiger partial charge on any atom is 0.0716 e. The molecule has 1 aromatic carbocycles. The molecule has 0 aliphatic carbocycles. The molecule has 18 heavy (non-hydrogen) atoms. The molecule has 1 aliphatic heterocycles. The van der Waals surface area contributed by atoms with Gasteiger partial charge in [-0.1, -0.05) is 30.3 Å². The average Bonchev–Trinajstić information content (AvgIpc) is 2.70. The summed E-state index contributed by atoms with van der Waals surface area (Å²) in [5, 5.41) is 0. The molecule has 0 aromatic heterocycles. The molecule has 0 saturated carbocycles. The van der Waals surface area contributed by atoms with Crippen LogP contribution < -0.4 is 0 Å². The highest BCUT2D eigenvalue weighted by Crippen LogP contribution is 2.31. The Labute approximate surface area is 110 Å². The molecule has 0 bridgehead atoms. The van der Waals surface area contributed by atoms with E-state index in [-0.39, 0.29) is 5.60 Å². The van der Waals surface area contributed by atoms with Gasteiger partial charge in [-0.2, -0.15) is 0 Å². The first-order valence-electron chi connectivity index (χ1n) is 6.95. The summed E-state index contributed by atoms with van der Waals surface area (Å²) in [6.07, 6.45) is 5.04. The van der Waals surface area contributed by atoms with E-state index >= 15 is 0 Å². The molecule has 0 radical (unpaired) electrons. The van der Waals surface area contributed by atoms with Gasteiger partial charge < -0.3 is 9.47 Å². The van der Waals surface area contributed by atoms with Crippen LogP contribution in [0.5, 0.6) is 0 Å². The fraction of sp³-hybridized carbons (Fsp3) is 0.625. The highest BCUT2D eigenvalue weighted by Gasteiger charge is 2.30. The highest BCUT2D eigenvalue weighted by molar-refractivity contribution is 5.13. The molecule has 1 aromatic rings. The second kappa shape index (κ2) is 6.35. The molecule has 0 amide bonds. The quantitative estimate of drug-likeness (QED) is 0.710. The van der Waals surface area contributed by atoms with Crippen LogP contribution in [0.1, 0.15) is 45.1 Å². The van der Waals surface area contributed by atoms with Crippen LogP contribution in [-0.4, -0.2) is 18.3 Å². The summed E-state index contributed by atoms with van der Waals surface area (Å²) < 4.78 is 11.6. The van der Waals surface area contributed by atoms with Crippen molar-refractivity contribution in [2.24, 2.45) is 0 Å². The van der Waals surface area contributed by atoms with Crippen LogP contribution in [0.15, 0.2) is 30.3 Å². The van der Waals surface area contributed by atoms with Gasteiger partial charge in [0.25, 0.3) is 0 Å². The number of hydrogen-bond acceptors (Lipinski definition) is 2. The summed E-state index contributed by atoms with van der Waals surface area (Å²) in [5.74, 6) is 0. The van der Waals surface area contributed by atoms with Crippen molar-refractivity contribution in [1.29, 1.82) is 0 Å². The second-order valence-corrected chi connectivity index (χ2v) is 5.72. The first kappa shape index (κ1) is 13.6. The minimum Gasteiger partial charge on any atom is -0.377 e. The second-order valence-electron chi connectivity index (χ2n) is 5.72. The minimum absolute atomic E-state index is 0.0928. The lowest BCUT2D eigenvalue weighted by molar-refractivity contribution is -0.0221. The summed E-state index contributed by atoms with van der Waals surface area (Å²) in [4.78, 5) is 0. The monoisotopic (exact) mass is 248 g/mol. The smallest absolute Gasteiger partial charge is 0.0716 e. The molecule has 0 spiro atoms. The molecule has 2 heteroatoms. The van der Waals surface area contributed by atoms with Gasteiger partial charge in [-0.25, -0.2) is 0 Å². The molecule has 1 unspecified atom stereocenters. The van der Waals surface area contributed by atoms with Crippen molar-refractivity contribution in [2.45, 2.75) is 57.8 Å². The van der Waals surface area contributed by atoms with E-state index < -0.39 is 0 Å². The number of benzene rings is 1. The molecule has 1 saturated heterocycles. The van der Waals surface area contributed by atoms with Crippen LogP contribution in [-0.2, 0) is 16.1 Å². The Balaban J connectivity index is 1.54. The summed E-state index contributed by atoms with van der Waals surface area (Å²) >= 11 is 0. The van der Waals surface area contributed by atoms with Gasteiger partial charge in [0.2, 0.25) is 0 Å². The van der Waals surface area contributed by atoms with Gasteiger partial charge >= 0.3 is 0 Å². The topological polar surface area (TPSA) is 18.5 Å². The Kier molecular flexibility index (Phi) is 4.79. The van der Waals surface area contributed by atoms with Crippen LogP contribution >= 0.6 is 0 Å². The lowest BCUT2D eigenvalue weighted by atomic mass is 10.0. The number of hydrogen-bond donors (Lipinski definition) is 0. The van der Waals surface area contributed by atoms with E-state index in [4.69, 9.17) is 9.47 Å². The van der Waals surface area contributed by atoms with Crippen LogP contribution in [0.3, 0.4) is 0 Å². The first-order chi connectivity index (χ1) is 8.66. The lowest BCUT2D eigenvalue weighted by Crippen LogP contribution is -2.20. The zero-order valence-corrected chi connectivity index (χ0v) is 11.5. The third-order valence-electron chi connectivity index (χ3n) is 3.48. The molecule has 1 heterocycles. The first-order valence-corrected chi connectivity index (χ1v) is 6.95. The van der Waals surface area contributed by atoms with E-state index in [1.165, 1.54) is 18.4 Å². The largest absolute Gasteiger partial charge is 0.377 e. The molecule has 1 fully saturated rings. The highest BCUT2D eigenvalue weighted by atomic mass is 16.5. The molecule has 0 N–H and O–H groups in total. The predicted molar refractivity (Wildman–Crippen MR) is 73.5 cm³/mol. The van der Waals surface area contributed by atoms with E-state index in [1.54, 1.807) is 0 Å². The van der Waals surface area contributed by atoms with Gasteiger partial charge in [-0.05, 0) is 45.1 Å². The fourth-order valence-corrected chi connectivity index (χ4v) is 2.46. The van der Waals surface area contributed by atoms with Crippen molar-refractivity contribution < 1.29 is 9.47 Å². The van der Waals surface area contributed by atoms with Crippen LogP contribution in [0.4, 0.5) is 0 Å². The Morgan fingerprint density at radius 3 is 2.72 bits per heavy atom. The fourth-order valence-electron chi connectivity index (χ4n) is 2.46. The van der Waals surface area contributed by atoms with Crippen molar-refractivity contribution in [2.75, 3.05) is 6.61 Å². The van der Waals surface area contributed by atoms with E-state index in [1.807, 2.05) is 18.2 Å². The van der Waals surface area contributed by atoms with Crippen molar-refractivity contribution in [1.82, 2.24) is 0 Å². The van der Waals surface area contributed by atoms with E-state index in [0.29, 0.717) is 6.10 Å². The number of rotatable bonds is 6. The Bertz CT molecular complexity index is 345. The normalized spacial score (nSPS) is 22.2. The standard InChI is InChI=1S/C16H24O2/c1-16(2)11-10-15(18-16)9-6-12-17-13-14-7-4-3-5-8-14/h3-5,7-8,15H,6,9-13H2,1-2H3. The Hall–Kier alpha value is -0.860. The third kappa shape index (κ3) is 4.43. The third-order valence-corrected chi connectivity index (χ3v) is 3.48. The van der Waals surface area contributed by atoms with Gasteiger partial charge in [0.15, 0.2) is 0 Å². The number of ether oxygens (including phenoxy) is 2. The van der Waals surface area contributed by atoms with Gasteiger partial charge in [0.05, 0.1) is 18.3 Å². The van der Waals surface area contributed by atoms with Crippen molar-refractivity contribution >= 4 is 0 Å². The molecule has 1 atom stereocenters. The van der Waals surface area contributed by atoms with Gasteiger partial charge in [-0.3, -0.25) is 0 Å². The Morgan fingerprint density at radius 2 is 2.06 bits per heavy atom. The molecular weight excluding hydrogens is 224 g/mol. The SMILES string of the molecule is CC1(C)CCC(CCCOCc2ccccc2)O1. The molecular formula is C16H24O2. The van der Waals surface area contributed by atoms with Gasteiger partial charge in [0.1, 0.15) is 0 Å². The van der Waals surface area contributed by atoms with Crippen molar-refractivity contribution in [3.05, 3.63) is 35.9 Å². The summed E-state index contributed by atoms with van der Waals surface area (Å²) in [6.45, 7) is 5.91. The molecule has 2 nitrogen and oxygen atoms in total. The van der Waals surface area contributed by atoms with Crippen molar-refractivity contribution in [3.63, 3.8) is 0 Å². The van der Waals surface area contributed by atoms with Gasteiger partial charge in [-0.15, -0.1) is 0 Å². The molecule has 1 aliphatic rings. The van der Waals surface area contributed by atoms with E-state index in [2.05, 4.69) is 26.0 Å². The minimum atomic E-state index is 0.0928. The Morgan fingerprint density at radius 1 is 1.28 bits per heavy atom. The zero-order chi connectivity index (χ0) is 12.8. The van der Waals surface area contributed by atoms with Crippen LogP contribution in [0.2, 0.25) is 0 Å². The summed E-state index contributed by atoms with van der Waals surface area (Å²) in [7, 11) is 0. The van der Waals surface area contributed by atoms with E-state index in [9.17, 15) is 0 Å². The van der Waals surface area contributed by atoms with Gasteiger partial charge in [0, 0.05) is 6.61 Å². The lowest BCUT2D eigenvalue weighted by Gasteiger charge is -2.19. The average molecular weight is 248 g/mol. The van der Waals surface area contributed by atoms with Crippen LogP contribution in [0.25, 0.3) is 0 Å². The van der Waals surface area contributed by atoms with Crippen LogP contribution in [0, 0.1) is 0 Å². The van der Waals surface area contributed by atoms with Crippen molar-refractivity contribution in [3.8, 4) is 0 Å².